The molecule has 0 bridgehead atoms. The van der Waals surface area contributed by atoms with E-state index < -0.39 is 0 Å². The van der Waals surface area contributed by atoms with Gasteiger partial charge in [0, 0.05) is 3.57 Å². The molecule has 0 saturated carbocycles. The van der Waals surface area contributed by atoms with Crippen LogP contribution in [-0.4, -0.2) is 6.10 Å². The second-order valence-electron chi connectivity index (χ2n) is 2.74. The van der Waals surface area contributed by atoms with Crippen molar-refractivity contribution in [1.29, 1.82) is 0 Å². The Morgan fingerprint density at radius 3 is 2.58 bits per heavy atom. The first-order valence-electron chi connectivity index (χ1n) is 3.71. The summed E-state index contributed by atoms with van der Waals surface area (Å²) in [5, 5.41) is 0. The molecule has 0 atom stereocenters. The van der Waals surface area contributed by atoms with Crippen LogP contribution in [-0.2, 0) is 0 Å². The average molecular weight is 280 g/mol. The minimum Gasteiger partial charge on any atom is -0.488 e. The molecule has 3 heteroatoms. The summed E-state index contributed by atoms with van der Waals surface area (Å²) in [5.41, 5.74) is 0. The van der Waals surface area contributed by atoms with Crippen LogP contribution in [0.5, 0.6) is 5.75 Å². The van der Waals surface area contributed by atoms with E-state index >= 15 is 0 Å². The van der Waals surface area contributed by atoms with Crippen LogP contribution in [0.25, 0.3) is 0 Å². The first-order valence-corrected chi connectivity index (χ1v) is 4.79. The Kier molecular flexibility index (Phi) is 3.31. The van der Waals surface area contributed by atoms with Crippen LogP contribution in [0.15, 0.2) is 18.2 Å². The fraction of sp³-hybridized carbons (Fsp3) is 0.333. The van der Waals surface area contributed by atoms with Gasteiger partial charge in [-0.15, -0.1) is 0 Å². The van der Waals surface area contributed by atoms with E-state index in [1.807, 2.05) is 19.9 Å². The highest BCUT2D eigenvalue weighted by atomic mass is 127. The van der Waals surface area contributed by atoms with Crippen molar-refractivity contribution in [3.8, 4) is 5.75 Å². The summed E-state index contributed by atoms with van der Waals surface area (Å²) in [7, 11) is 0. The molecule has 0 aliphatic carbocycles. The van der Waals surface area contributed by atoms with Gasteiger partial charge >= 0.3 is 0 Å². The highest BCUT2D eigenvalue weighted by Crippen LogP contribution is 2.20. The Balaban J connectivity index is 2.86. The van der Waals surface area contributed by atoms with Gasteiger partial charge in [0.05, 0.1) is 6.10 Å². The minimum absolute atomic E-state index is 0.0135. The lowest BCUT2D eigenvalue weighted by Crippen LogP contribution is -2.06. The number of ether oxygens (including phenoxy) is 1. The molecule has 0 spiro atoms. The summed E-state index contributed by atoms with van der Waals surface area (Å²) in [6.07, 6.45) is 0.0135. The Labute approximate surface area is 85.1 Å². The third-order valence-electron chi connectivity index (χ3n) is 1.26. The Hall–Kier alpha value is -0.320. The van der Waals surface area contributed by atoms with Gasteiger partial charge in [-0.05, 0) is 54.6 Å². The largest absolute Gasteiger partial charge is 0.488 e. The van der Waals surface area contributed by atoms with Gasteiger partial charge < -0.3 is 4.74 Å². The normalized spacial score (nSPS) is 10.4. The Bertz CT molecular complexity index is 273. The topological polar surface area (TPSA) is 9.23 Å². The highest BCUT2D eigenvalue weighted by Gasteiger charge is 2.04. The minimum atomic E-state index is -0.296. The number of benzene rings is 1. The van der Waals surface area contributed by atoms with E-state index in [4.69, 9.17) is 4.74 Å². The fourth-order valence-electron chi connectivity index (χ4n) is 0.825. The summed E-state index contributed by atoms with van der Waals surface area (Å²) in [6.45, 7) is 3.74. The molecular weight excluding hydrogens is 270 g/mol. The van der Waals surface area contributed by atoms with Gasteiger partial charge in [-0.25, -0.2) is 4.39 Å². The average Bonchev–Trinajstić information content (AvgIpc) is 1.94. The predicted molar refractivity (Wildman–Crippen MR) is 54.9 cm³/mol. The second-order valence-corrected chi connectivity index (χ2v) is 3.99. The van der Waals surface area contributed by atoms with Crippen LogP contribution < -0.4 is 4.74 Å². The molecule has 0 saturated heterocycles. The van der Waals surface area contributed by atoms with Crippen LogP contribution in [0.1, 0.15) is 13.8 Å². The van der Waals surface area contributed by atoms with Crippen LogP contribution in [0.3, 0.4) is 0 Å². The third kappa shape index (κ3) is 2.62. The van der Waals surface area contributed by atoms with Crippen molar-refractivity contribution in [3.05, 3.63) is 27.6 Å². The molecule has 1 aromatic carbocycles. The smallest absolute Gasteiger partial charge is 0.166 e. The Morgan fingerprint density at radius 2 is 2.08 bits per heavy atom. The first-order chi connectivity index (χ1) is 5.59. The first kappa shape index (κ1) is 9.77. The van der Waals surface area contributed by atoms with Crippen LogP contribution in [0, 0.1) is 9.39 Å². The van der Waals surface area contributed by atoms with Gasteiger partial charge in [-0.2, -0.15) is 0 Å². The molecule has 0 N–H and O–H groups in total. The molecule has 1 aromatic rings. The zero-order valence-electron chi connectivity index (χ0n) is 6.97. The molecule has 0 aliphatic heterocycles. The highest BCUT2D eigenvalue weighted by molar-refractivity contribution is 14.1. The standard InChI is InChI=1S/C9H10FIO/c1-6(2)12-9-4-3-7(11)5-8(9)10/h3-6H,1-2H3. The Morgan fingerprint density at radius 1 is 1.42 bits per heavy atom. The van der Waals surface area contributed by atoms with Crippen molar-refractivity contribution >= 4 is 22.6 Å². The number of hydrogen-bond acceptors (Lipinski definition) is 1. The molecule has 0 heterocycles. The fourth-order valence-corrected chi connectivity index (χ4v) is 1.28. The lowest BCUT2D eigenvalue weighted by atomic mass is 10.3. The van der Waals surface area contributed by atoms with E-state index in [2.05, 4.69) is 22.6 Å². The van der Waals surface area contributed by atoms with Crippen molar-refractivity contribution in [1.82, 2.24) is 0 Å². The van der Waals surface area contributed by atoms with Gasteiger partial charge in [0.25, 0.3) is 0 Å². The maximum Gasteiger partial charge on any atom is 0.166 e. The van der Waals surface area contributed by atoms with Crippen molar-refractivity contribution in [2.75, 3.05) is 0 Å². The summed E-state index contributed by atoms with van der Waals surface area (Å²) in [6, 6.07) is 4.93. The van der Waals surface area contributed by atoms with Crippen molar-refractivity contribution in [3.63, 3.8) is 0 Å². The number of rotatable bonds is 2. The number of hydrogen-bond donors (Lipinski definition) is 0. The van der Waals surface area contributed by atoms with Crippen LogP contribution in [0.2, 0.25) is 0 Å². The summed E-state index contributed by atoms with van der Waals surface area (Å²) in [5.74, 6) is 0.0287. The maximum absolute atomic E-state index is 13.1. The van der Waals surface area contributed by atoms with Crippen molar-refractivity contribution in [2.24, 2.45) is 0 Å². The third-order valence-corrected chi connectivity index (χ3v) is 1.93. The molecule has 0 aromatic heterocycles. The monoisotopic (exact) mass is 280 g/mol. The van der Waals surface area contributed by atoms with Crippen molar-refractivity contribution in [2.45, 2.75) is 20.0 Å². The SMILES string of the molecule is CC(C)Oc1ccc(I)cc1F. The molecule has 66 valence electrons. The zero-order valence-corrected chi connectivity index (χ0v) is 9.13. The molecule has 12 heavy (non-hydrogen) atoms. The van der Waals surface area contributed by atoms with E-state index in [1.54, 1.807) is 6.07 Å². The lowest BCUT2D eigenvalue weighted by Gasteiger charge is -2.09. The molecule has 0 amide bonds. The van der Waals surface area contributed by atoms with E-state index in [9.17, 15) is 4.39 Å². The van der Waals surface area contributed by atoms with Gasteiger partial charge in [0.1, 0.15) is 0 Å². The lowest BCUT2D eigenvalue weighted by molar-refractivity contribution is 0.231. The van der Waals surface area contributed by atoms with Gasteiger partial charge in [0.15, 0.2) is 11.6 Å². The molecule has 0 unspecified atom stereocenters. The van der Waals surface area contributed by atoms with Gasteiger partial charge in [0.2, 0.25) is 0 Å². The molecule has 0 fully saturated rings. The summed E-state index contributed by atoms with van der Waals surface area (Å²) in [4.78, 5) is 0. The van der Waals surface area contributed by atoms with Crippen LogP contribution >= 0.6 is 22.6 Å². The van der Waals surface area contributed by atoms with E-state index in [1.165, 1.54) is 6.07 Å². The maximum atomic E-state index is 13.1. The summed E-state index contributed by atoms with van der Waals surface area (Å²) < 4.78 is 19.2. The van der Waals surface area contributed by atoms with Crippen molar-refractivity contribution < 1.29 is 9.13 Å². The molecule has 1 nitrogen and oxygen atoms in total. The van der Waals surface area contributed by atoms with E-state index in [-0.39, 0.29) is 11.9 Å². The molecule has 1 rings (SSSR count). The predicted octanol–water partition coefficient (Wildman–Crippen LogP) is 3.22. The molecule has 0 radical (unpaired) electrons. The quantitative estimate of drug-likeness (QED) is 0.756. The zero-order chi connectivity index (χ0) is 9.14. The number of halogens is 2. The second kappa shape index (κ2) is 4.07. The van der Waals surface area contributed by atoms with Gasteiger partial charge in [-0.3, -0.25) is 0 Å². The summed E-state index contributed by atoms with van der Waals surface area (Å²) >= 11 is 2.06. The van der Waals surface area contributed by atoms with E-state index in [0.29, 0.717) is 5.75 Å². The van der Waals surface area contributed by atoms with E-state index in [0.717, 1.165) is 3.57 Å². The van der Waals surface area contributed by atoms with Crippen LogP contribution in [0.4, 0.5) is 4.39 Å². The van der Waals surface area contributed by atoms with Gasteiger partial charge in [-0.1, -0.05) is 0 Å². The molecule has 0 aliphatic rings. The molecular formula is C9H10FIO.